The first-order valence-corrected chi connectivity index (χ1v) is 8.17. The Hall–Kier alpha value is -0.350. The summed E-state index contributed by atoms with van der Waals surface area (Å²) in [5, 5.41) is 4.58. The lowest BCUT2D eigenvalue weighted by atomic mass is 9.68. The van der Waals surface area contributed by atoms with Gasteiger partial charge in [-0.15, -0.1) is 0 Å². The maximum Gasteiger partial charge on any atom is 0.0738 e. The monoisotopic (exact) mass is 327 g/mol. The van der Waals surface area contributed by atoms with Crippen molar-refractivity contribution in [2.75, 3.05) is 0 Å². The van der Waals surface area contributed by atoms with Crippen molar-refractivity contribution >= 4 is 15.9 Å². The van der Waals surface area contributed by atoms with Crippen molar-refractivity contribution in [1.29, 1.82) is 0 Å². The van der Waals surface area contributed by atoms with E-state index in [9.17, 15) is 0 Å². The zero-order valence-corrected chi connectivity index (χ0v) is 14.1. The van der Waals surface area contributed by atoms with Gasteiger partial charge in [-0.2, -0.15) is 5.10 Å². The standard InChI is InChI=1S/C15H26BrN3/c1-5-19-13(14(16)12(4)18-19)9-15(17)8-10(2)6-7-11(15)3/h10-11H,5-9,17H2,1-4H3. The van der Waals surface area contributed by atoms with Crippen molar-refractivity contribution in [3.8, 4) is 0 Å². The van der Waals surface area contributed by atoms with E-state index < -0.39 is 0 Å². The van der Waals surface area contributed by atoms with Gasteiger partial charge in [0.2, 0.25) is 0 Å². The van der Waals surface area contributed by atoms with Crippen LogP contribution in [0.1, 0.15) is 51.4 Å². The molecule has 0 aliphatic heterocycles. The minimum absolute atomic E-state index is 0.0837. The molecular formula is C15H26BrN3. The molecule has 0 amide bonds. The molecule has 108 valence electrons. The lowest BCUT2D eigenvalue weighted by Crippen LogP contribution is -2.52. The van der Waals surface area contributed by atoms with Crippen LogP contribution in [0, 0.1) is 18.8 Å². The first kappa shape index (κ1) is 15.0. The summed E-state index contributed by atoms with van der Waals surface area (Å²) in [6, 6.07) is 0. The van der Waals surface area contributed by atoms with Gasteiger partial charge in [-0.1, -0.05) is 20.3 Å². The molecule has 0 radical (unpaired) electrons. The topological polar surface area (TPSA) is 43.8 Å². The summed E-state index contributed by atoms with van der Waals surface area (Å²) in [6.07, 6.45) is 4.60. The second-order valence-corrected chi connectivity index (χ2v) is 7.15. The van der Waals surface area contributed by atoms with Crippen molar-refractivity contribution in [1.82, 2.24) is 9.78 Å². The van der Waals surface area contributed by atoms with Crippen LogP contribution in [0.3, 0.4) is 0 Å². The number of rotatable bonds is 3. The van der Waals surface area contributed by atoms with Crippen molar-refractivity contribution < 1.29 is 0 Å². The van der Waals surface area contributed by atoms with Gasteiger partial charge in [-0.25, -0.2) is 0 Å². The van der Waals surface area contributed by atoms with Crippen molar-refractivity contribution in [3.05, 3.63) is 15.9 Å². The predicted octanol–water partition coefficient (Wildman–Crippen LogP) is 3.67. The van der Waals surface area contributed by atoms with Gasteiger partial charge in [0.1, 0.15) is 0 Å². The number of nitrogens with two attached hydrogens (primary N) is 1. The number of hydrogen-bond donors (Lipinski definition) is 1. The van der Waals surface area contributed by atoms with Crippen LogP contribution in [0.25, 0.3) is 0 Å². The normalized spacial score (nSPS) is 31.7. The van der Waals surface area contributed by atoms with Crippen LogP contribution >= 0.6 is 15.9 Å². The Labute approximate surface area is 125 Å². The largest absolute Gasteiger partial charge is 0.324 e. The lowest BCUT2D eigenvalue weighted by Gasteiger charge is -2.42. The molecule has 2 N–H and O–H groups in total. The molecule has 1 aromatic heterocycles. The third kappa shape index (κ3) is 2.89. The summed E-state index contributed by atoms with van der Waals surface area (Å²) in [4.78, 5) is 0. The molecule has 0 saturated heterocycles. The zero-order chi connectivity index (χ0) is 14.2. The van der Waals surface area contributed by atoms with Crippen LogP contribution in [0.4, 0.5) is 0 Å². The highest BCUT2D eigenvalue weighted by atomic mass is 79.9. The Balaban J connectivity index is 2.28. The van der Waals surface area contributed by atoms with Crippen LogP contribution in [0.15, 0.2) is 4.47 Å². The zero-order valence-electron chi connectivity index (χ0n) is 12.5. The number of nitrogens with zero attached hydrogens (tertiary/aromatic N) is 2. The van der Waals surface area contributed by atoms with E-state index in [1.54, 1.807) is 0 Å². The maximum absolute atomic E-state index is 6.76. The van der Waals surface area contributed by atoms with Crippen molar-refractivity contribution in [3.63, 3.8) is 0 Å². The van der Waals surface area contributed by atoms with E-state index in [0.717, 1.165) is 35.5 Å². The summed E-state index contributed by atoms with van der Waals surface area (Å²) in [6.45, 7) is 9.72. The van der Waals surface area contributed by atoms with Crippen molar-refractivity contribution in [2.45, 2.75) is 65.5 Å². The van der Waals surface area contributed by atoms with E-state index in [-0.39, 0.29) is 5.54 Å². The van der Waals surface area contributed by atoms with Gasteiger partial charge in [-0.05, 0) is 54.5 Å². The Kier molecular flexibility index (Phi) is 4.41. The van der Waals surface area contributed by atoms with Crippen LogP contribution in [-0.4, -0.2) is 15.3 Å². The Morgan fingerprint density at radius 1 is 1.42 bits per heavy atom. The molecule has 19 heavy (non-hydrogen) atoms. The molecule has 0 aromatic carbocycles. The van der Waals surface area contributed by atoms with Crippen LogP contribution in [0.2, 0.25) is 0 Å². The molecule has 1 aliphatic rings. The fourth-order valence-corrected chi connectivity index (χ4v) is 3.79. The van der Waals surface area contributed by atoms with Crippen LogP contribution in [0.5, 0.6) is 0 Å². The quantitative estimate of drug-likeness (QED) is 0.920. The van der Waals surface area contributed by atoms with E-state index in [0.29, 0.717) is 5.92 Å². The fourth-order valence-electron chi connectivity index (χ4n) is 3.37. The maximum atomic E-state index is 6.76. The first-order chi connectivity index (χ1) is 8.87. The van der Waals surface area contributed by atoms with E-state index in [1.807, 2.05) is 0 Å². The summed E-state index contributed by atoms with van der Waals surface area (Å²) in [5.41, 5.74) is 9.01. The van der Waals surface area contributed by atoms with Crippen LogP contribution < -0.4 is 5.73 Å². The molecular weight excluding hydrogens is 302 g/mol. The van der Waals surface area contributed by atoms with Gasteiger partial charge < -0.3 is 5.73 Å². The van der Waals surface area contributed by atoms with Crippen molar-refractivity contribution in [2.24, 2.45) is 17.6 Å². The number of aryl methyl sites for hydroxylation is 2. The summed E-state index contributed by atoms with van der Waals surface area (Å²) in [5.74, 6) is 1.31. The van der Waals surface area contributed by atoms with Gasteiger partial charge in [0.15, 0.2) is 0 Å². The first-order valence-electron chi connectivity index (χ1n) is 7.38. The molecule has 3 atom stereocenters. The molecule has 4 heteroatoms. The second kappa shape index (κ2) is 5.57. The third-order valence-corrected chi connectivity index (χ3v) is 5.78. The molecule has 2 rings (SSSR count). The molecule has 3 nitrogen and oxygen atoms in total. The summed E-state index contributed by atoms with van der Waals surface area (Å²) >= 11 is 3.69. The molecule has 1 fully saturated rings. The fraction of sp³-hybridized carbons (Fsp3) is 0.800. The third-order valence-electron chi connectivity index (χ3n) is 4.75. The average molecular weight is 328 g/mol. The molecule has 0 bridgehead atoms. The van der Waals surface area contributed by atoms with E-state index >= 15 is 0 Å². The highest BCUT2D eigenvalue weighted by Crippen LogP contribution is 2.38. The van der Waals surface area contributed by atoms with Crippen LogP contribution in [-0.2, 0) is 13.0 Å². The molecule has 1 aromatic rings. The average Bonchev–Trinajstić information content (AvgIpc) is 2.62. The number of aromatic nitrogens is 2. The van der Waals surface area contributed by atoms with Gasteiger partial charge in [0.25, 0.3) is 0 Å². The van der Waals surface area contributed by atoms with E-state index in [1.165, 1.54) is 18.5 Å². The Morgan fingerprint density at radius 3 is 2.74 bits per heavy atom. The summed E-state index contributed by atoms with van der Waals surface area (Å²) in [7, 11) is 0. The van der Waals surface area contributed by atoms with Gasteiger partial charge in [0.05, 0.1) is 15.9 Å². The number of hydrogen-bond acceptors (Lipinski definition) is 2. The Bertz CT molecular complexity index is 454. The highest BCUT2D eigenvalue weighted by molar-refractivity contribution is 9.10. The lowest BCUT2D eigenvalue weighted by molar-refractivity contribution is 0.158. The van der Waals surface area contributed by atoms with E-state index in [2.05, 4.69) is 53.4 Å². The predicted molar refractivity (Wildman–Crippen MR) is 83.1 cm³/mol. The smallest absolute Gasteiger partial charge is 0.0738 e. The molecule has 3 unspecified atom stereocenters. The molecule has 1 aliphatic carbocycles. The van der Waals surface area contributed by atoms with Gasteiger partial charge >= 0.3 is 0 Å². The minimum Gasteiger partial charge on any atom is -0.324 e. The molecule has 1 saturated carbocycles. The van der Waals surface area contributed by atoms with Gasteiger partial charge in [0, 0.05) is 18.5 Å². The van der Waals surface area contributed by atoms with E-state index in [4.69, 9.17) is 5.73 Å². The molecule has 1 heterocycles. The molecule has 0 spiro atoms. The Morgan fingerprint density at radius 2 is 2.11 bits per heavy atom. The highest BCUT2D eigenvalue weighted by Gasteiger charge is 2.38. The minimum atomic E-state index is -0.0837. The summed E-state index contributed by atoms with van der Waals surface area (Å²) < 4.78 is 3.24. The second-order valence-electron chi connectivity index (χ2n) is 6.36. The SMILES string of the molecule is CCn1nc(C)c(Br)c1CC1(N)CC(C)CCC1C. The number of halogens is 1. The van der Waals surface area contributed by atoms with Gasteiger partial charge in [-0.3, -0.25) is 4.68 Å².